The first-order chi connectivity index (χ1) is 6.99. The number of rotatable bonds is 3. The van der Waals surface area contributed by atoms with Crippen molar-refractivity contribution in [2.45, 2.75) is 26.3 Å². The van der Waals surface area contributed by atoms with E-state index in [4.69, 9.17) is 5.73 Å². The summed E-state index contributed by atoms with van der Waals surface area (Å²) in [5, 5.41) is 2.71. The molecule has 0 saturated heterocycles. The van der Waals surface area contributed by atoms with Gasteiger partial charge in [-0.2, -0.15) is 0 Å². The maximum Gasteiger partial charge on any atom is 0.227 e. The Morgan fingerprint density at radius 1 is 1.67 bits per heavy atom. The van der Waals surface area contributed by atoms with Crippen LogP contribution in [0, 0.1) is 10.5 Å². The number of hydrogen-bond donors (Lipinski definition) is 2. The average Bonchev–Trinajstić information content (AvgIpc) is 2.10. The van der Waals surface area contributed by atoms with Crippen LogP contribution in [0.2, 0.25) is 0 Å². The maximum absolute atomic E-state index is 11.4. The van der Waals surface area contributed by atoms with Gasteiger partial charge in [0.15, 0.2) is 0 Å². The van der Waals surface area contributed by atoms with E-state index in [1.807, 2.05) is 13.0 Å². The number of anilines is 1. The van der Waals surface area contributed by atoms with Crippen LogP contribution in [0.3, 0.4) is 0 Å². The Hall–Kier alpha value is -0.690. The van der Waals surface area contributed by atoms with Gasteiger partial charge in [-0.3, -0.25) is 4.79 Å². The Bertz CT molecular complexity index is 366. The number of carbonyl (C=O) groups is 1. The smallest absolute Gasteiger partial charge is 0.227 e. The first-order valence-electron chi connectivity index (χ1n) is 4.67. The third kappa shape index (κ3) is 4.13. The number of aryl methyl sites for hydroxylation is 1. The first kappa shape index (κ1) is 12.4. The van der Waals surface area contributed by atoms with Crippen molar-refractivity contribution in [2.75, 3.05) is 5.32 Å². The van der Waals surface area contributed by atoms with Gasteiger partial charge in [0.25, 0.3) is 0 Å². The summed E-state index contributed by atoms with van der Waals surface area (Å²) in [4.78, 5) is 15.6. The summed E-state index contributed by atoms with van der Waals surface area (Å²) < 4.78 is 1.08. The Morgan fingerprint density at radius 2 is 2.33 bits per heavy atom. The molecule has 1 rings (SSSR count). The van der Waals surface area contributed by atoms with Gasteiger partial charge in [-0.25, -0.2) is 4.98 Å². The van der Waals surface area contributed by atoms with Gasteiger partial charge in [-0.1, -0.05) is 0 Å². The molecule has 1 amide bonds. The number of nitrogens with zero attached hydrogens (tertiary/aromatic N) is 1. The number of aromatic nitrogens is 1. The number of halogens is 1. The lowest BCUT2D eigenvalue weighted by atomic mass is 10.2. The van der Waals surface area contributed by atoms with Crippen LogP contribution in [0.1, 0.15) is 19.0 Å². The van der Waals surface area contributed by atoms with Crippen LogP contribution in [-0.4, -0.2) is 16.9 Å². The zero-order valence-electron chi connectivity index (χ0n) is 8.75. The summed E-state index contributed by atoms with van der Waals surface area (Å²) in [6.07, 6.45) is 0.312. The number of carbonyl (C=O) groups excluding carboxylic acids is 1. The molecule has 5 heteroatoms. The normalized spacial score (nSPS) is 12.3. The average molecular weight is 319 g/mol. The molecule has 1 aromatic rings. The van der Waals surface area contributed by atoms with E-state index in [0.717, 1.165) is 9.26 Å². The van der Waals surface area contributed by atoms with E-state index in [2.05, 4.69) is 32.9 Å². The minimum Gasteiger partial charge on any atom is -0.327 e. The molecule has 0 fully saturated rings. The zero-order chi connectivity index (χ0) is 11.4. The lowest BCUT2D eigenvalue weighted by molar-refractivity contribution is -0.116. The topological polar surface area (TPSA) is 68.0 Å². The number of pyridine rings is 1. The third-order valence-corrected chi connectivity index (χ3v) is 2.94. The molecule has 0 aromatic carbocycles. The summed E-state index contributed by atoms with van der Waals surface area (Å²) in [6.45, 7) is 3.70. The molecule has 0 saturated carbocycles. The van der Waals surface area contributed by atoms with Crippen LogP contribution in [0.4, 0.5) is 5.82 Å². The molecule has 0 aliphatic rings. The van der Waals surface area contributed by atoms with E-state index in [1.54, 1.807) is 13.0 Å². The van der Waals surface area contributed by atoms with E-state index in [9.17, 15) is 4.79 Å². The minimum atomic E-state index is -0.130. The molecule has 1 unspecified atom stereocenters. The molecule has 0 bridgehead atoms. The summed E-state index contributed by atoms with van der Waals surface area (Å²) >= 11 is 2.20. The lowest BCUT2D eigenvalue weighted by Crippen LogP contribution is -2.24. The number of nitrogens with one attached hydrogen (secondary N) is 1. The predicted molar refractivity (Wildman–Crippen MR) is 68.6 cm³/mol. The van der Waals surface area contributed by atoms with Crippen LogP contribution < -0.4 is 11.1 Å². The Balaban J connectivity index is 2.65. The van der Waals surface area contributed by atoms with Crippen molar-refractivity contribution in [1.82, 2.24) is 4.98 Å². The zero-order valence-corrected chi connectivity index (χ0v) is 10.9. The Morgan fingerprint density at radius 3 is 2.87 bits per heavy atom. The molecule has 3 N–H and O–H groups in total. The second-order valence-corrected chi connectivity index (χ2v) is 4.66. The number of hydrogen-bond acceptors (Lipinski definition) is 3. The van der Waals surface area contributed by atoms with Crippen molar-refractivity contribution in [3.05, 3.63) is 21.4 Å². The molecule has 0 aliphatic carbocycles. The van der Waals surface area contributed by atoms with E-state index >= 15 is 0 Å². The van der Waals surface area contributed by atoms with Crippen molar-refractivity contribution >= 4 is 34.3 Å². The first-order valence-corrected chi connectivity index (χ1v) is 5.75. The standard InChI is InChI=1S/C10H14IN3O/c1-6(12)5-10(15)14-9-4-3-8(11)7(2)13-9/h3-4,6H,5,12H2,1-2H3,(H,13,14,15). The van der Waals surface area contributed by atoms with Gasteiger partial charge in [0, 0.05) is 16.0 Å². The van der Waals surface area contributed by atoms with Crippen LogP contribution >= 0.6 is 22.6 Å². The van der Waals surface area contributed by atoms with Crippen LogP contribution in [0.5, 0.6) is 0 Å². The van der Waals surface area contributed by atoms with Gasteiger partial charge in [0.1, 0.15) is 5.82 Å². The van der Waals surface area contributed by atoms with Gasteiger partial charge >= 0.3 is 0 Å². The molecule has 1 heterocycles. The highest BCUT2D eigenvalue weighted by Gasteiger charge is 2.06. The molecule has 15 heavy (non-hydrogen) atoms. The predicted octanol–water partition coefficient (Wildman–Crippen LogP) is 1.67. The van der Waals surface area contributed by atoms with Crippen molar-refractivity contribution in [3.63, 3.8) is 0 Å². The molecule has 82 valence electrons. The molecule has 0 spiro atoms. The van der Waals surface area contributed by atoms with E-state index in [-0.39, 0.29) is 11.9 Å². The molecule has 1 aromatic heterocycles. The number of nitrogens with two attached hydrogens (primary N) is 1. The monoisotopic (exact) mass is 319 g/mol. The van der Waals surface area contributed by atoms with Crippen molar-refractivity contribution in [3.8, 4) is 0 Å². The molecular formula is C10H14IN3O. The largest absolute Gasteiger partial charge is 0.327 e. The number of amides is 1. The summed E-state index contributed by atoms with van der Waals surface area (Å²) in [5.74, 6) is 0.483. The second-order valence-electron chi connectivity index (χ2n) is 3.49. The van der Waals surface area contributed by atoms with Gasteiger partial charge in [-0.05, 0) is 48.6 Å². The SMILES string of the molecule is Cc1nc(NC(=O)CC(C)N)ccc1I. The molecule has 4 nitrogen and oxygen atoms in total. The highest BCUT2D eigenvalue weighted by molar-refractivity contribution is 14.1. The summed E-state index contributed by atoms with van der Waals surface area (Å²) in [7, 11) is 0. The van der Waals surface area contributed by atoms with Crippen LogP contribution in [-0.2, 0) is 4.79 Å². The van der Waals surface area contributed by atoms with Gasteiger partial charge < -0.3 is 11.1 Å². The highest BCUT2D eigenvalue weighted by atomic mass is 127. The lowest BCUT2D eigenvalue weighted by Gasteiger charge is -2.07. The van der Waals surface area contributed by atoms with Crippen molar-refractivity contribution in [1.29, 1.82) is 0 Å². The van der Waals surface area contributed by atoms with Crippen LogP contribution in [0.25, 0.3) is 0 Å². The summed E-state index contributed by atoms with van der Waals surface area (Å²) in [5.41, 5.74) is 6.43. The maximum atomic E-state index is 11.4. The quantitative estimate of drug-likeness (QED) is 0.833. The van der Waals surface area contributed by atoms with E-state index < -0.39 is 0 Å². The second kappa shape index (κ2) is 5.41. The molecule has 1 atom stereocenters. The fourth-order valence-electron chi connectivity index (χ4n) is 1.10. The summed E-state index contributed by atoms with van der Waals surface area (Å²) in [6, 6.07) is 3.58. The highest BCUT2D eigenvalue weighted by Crippen LogP contribution is 2.12. The Labute approximate surface area is 103 Å². The fourth-order valence-corrected chi connectivity index (χ4v) is 1.40. The van der Waals surface area contributed by atoms with Gasteiger partial charge in [0.2, 0.25) is 5.91 Å². The Kier molecular flexibility index (Phi) is 4.46. The molecular weight excluding hydrogens is 305 g/mol. The fraction of sp³-hybridized carbons (Fsp3) is 0.400. The van der Waals surface area contributed by atoms with Crippen molar-refractivity contribution in [2.24, 2.45) is 5.73 Å². The van der Waals surface area contributed by atoms with E-state index in [1.165, 1.54) is 0 Å². The van der Waals surface area contributed by atoms with Gasteiger partial charge in [0.05, 0.1) is 5.69 Å². The van der Waals surface area contributed by atoms with Crippen LogP contribution in [0.15, 0.2) is 12.1 Å². The third-order valence-electron chi connectivity index (χ3n) is 1.80. The van der Waals surface area contributed by atoms with E-state index in [0.29, 0.717) is 12.2 Å². The minimum absolute atomic E-state index is 0.0990. The van der Waals surface area contributed by atoms with Crippen molar-refractivity contribution < 1.29 is 4.79 Å². The van der Waals surface area contributed by atoms with Gasteiger partial charge in [-0.15, -0.1) is 0 Å². The molecule has 0 radical (unpaired) electrons. The molecule has 0 aliphatic heterocycles.